The predicted octanol–water partition coefficient (Wildman–Crippen LogP) is 21.8. The highest BCUT2D eigenvalue weighted by molar-refractivity contribution is 5.76. The van der Waals surface area contributed by atoms with Crippen LogP contribution in [0.25, 0.3) is 0 Å². The van der Waals surface area contributed by atoms with Crippen molar-refractivity contribution >= 4 is 11.9 Å². The number of carbonyl (C=O) groups excluding carboxylic acids is 2. The fourth-order valence-corrected chi connectivity index (χ4v) is 10.7. The zero-order valence-corrected chi connectivity index (χ0v) is 50.8. The molecular formula is C69H133NO5. The molecule has 0 saturated heterocycles. The molecule has 6 heteroatoms. The summed E-state index contributed by atoms with van der Waals surface area (Å²) >= 11 is 0. The number of rotatable bonds is 64. The second-order valence-electron chi connectivity index (χ2n) is 23.5. The average molecular weight is 1060 g/mol. The number of nitrogens with one attached hydrogen (secondary N) is 1. The molecule has 0 saturated carbocycles. The molecule has 3 N–H and O–H groups in total. The van der Waals surface area contributed by atoms with Crippen LogP contribution in [0.2, 0.25) is 0 Å². The van der Waals surface area contributed by atoms with Crippen molar-refractivity contribution < 1.29 is 24.5 Å². The molecule has 0 bridgehead atoms. The minimum absolute atomic E-state index is 0.0103. The molecule has 6 nitrogen and oxygen atoms in total. The maximum atomic E-state index is 12.5. The Kier molecular flexibility index (Phi) is 63.4. The molecule has 444 valence electrons. The van der Waals surface area contributed by atoms with E-state index in [1.165, 1.54) is 302 Å². The van der Waals surface area contributed by atoms with Crippen molar-refractivity contribution in [3.05, 3.63) is 24.3 Å². The minimum Gasteiger partial charge on any atom is -0.466 e. The van der Waals surface area contributed by atoms with E-state index in [1.807, 2.05) is 0 Å². The molecule has 0 aromatic carbocycles. The number of carbonyl (C=O) groups is 2. The van der Waals surface area contributed by atoms with Crippen LogP contribution in [-0.4, -0.2) is 47.4 Å². The third kappa shape index (κ3) is 61.4. The number of aliphatic hydroxyl groups is 2. The Morgan fingerprint density at radius 3 is 0.947 bits per heavy atom. The Labute approximate surface area is 469 Å². The van der Waals surface area contributed by atoms with Gasteiger partial charge in [0.05, 0.1) is 25.4 Å². The highest BCUT2D eigenvalue weighted by atomic mass is 16.5. The van der Waals surface area contributed by atoms with Crippen molar-refractivity contribution in [2.24, 2.45) is 0 Å². The van der Waals surface area contributed by atoms with Crippen molar-refractivity contribution in [2.45, 2.75) is 392 Å². The van der Waals surface area contributed by atoms with Crippen molar-refractivity contribution in [1.29, 1.82) is 0 Å². The Balaban J connectivity index is 3.39. The first-order valence-electron chi connectivity index (χ1n) is 34.1. The number of esters is 1. The SMILES string of the molecule is CCCCCCCC/C=C\CCCCCCCCCCCC(=O)OCCCCCCCCCCCCC/C=C\CCCCCCCCCC(=O)NC(CO)C(O)CCCCCCCCCCCCCCCCCCC. The molecule has 2 atom stereocenters. The lowest BCUT2D eigenvalue weighted by molar-refractivity contribution is -0.143. The van der Waals surface area contributed by atoms with Crippen LogP contribution in [-0.2, 0) is 14.3 Å². The summed E-state index contributed by atoms with van der Waals surface area (Å²) in [6.07, 6.45) is 80.6. The number of hydrogen-bond acceptors (Lipinski definition) is 5. The third-order valence-corrected chi connectivity index (χ3v) is 16.0. The molecule has 2 unspecified atom stereocenters. The van der Waals surface area contributed by atoms with Crippen molar-refractivity contribution in [3.63, 3.8) is 0 Å². The zero-order chi connectivity index (χ0) is 54.3. The van der Waals surface area contributed by atoms with Crippen LogP contribution >= 0.6 is 0 Å². The van der Waals surface area contributed by atoms with Crippen LogP contribution in [0.3, 0.4) is 0 Å². The van der Waals surface area contributed by atoms with E-state index < -0.39 is 12.1 Å². The Hall–Kier alpha value is -1.66. The smallest absolute Gasteiger partial charge is 0.305 e. The highest BCUT2D eigenvalue weighted by Gasteiger charge is 2.20. The fraction of sp³-hybridized carbons (Fsp3) is 0.913. The van der Waals surface area contributed by atoms with E-state index in [9.17, 15) is 19.8 Å². The largest absolute Gasteiger partial charge is 0.466 e. The van der Waals surface area contributed by atoms with Gasteiger partial charge in [-0.2, -0.15) is 0 Å². The fourth-order valence-electron chi connectivity index (χ4n) is 10.7. The van der Waals surface area contributed by atoms with E-state index >= 15 is 0 Å². The van der Waals surface area contributed by atoms with Gasteiger partial charge in [-0.1, -0.05) is 314 Å². The summed E-state index contributed by atoms with van der Waals surface area (Å²) < 4.78 is 5.50. The number of amides is 1. The highest BCUT2D eigenvalue weighted by Crippen LogP contribution is 2.18. The van der Waals surface area contributed by atoms with Crippen LogP contribution in [0, 0.1) is 0 Å². The van der Waals surface area contributed by atoms with Gasteiger partial charge in [-0.25, -0.2) is 0 Å². The van der Waals surface area contributed by atoms with E-state index in [0.29, 0.717) is 25.9 Å². The molecule has 0 aliphatic heterocycles. The second kappa shape index (κ2) is 64.9. The minimum atomic E-state index is -0.669. The van der Waals surface area contributed by atoms with Gasteiger partial charge in [0.25, 0.3) is 0 Å². The quantitative estimate of drug-likeness (QED) is 0.0320. The van der Waals surface area contributed by atoms with Crippen LogP contribution in [0.15, 0.2) is 24.3 Å². The summed E-state index contributed by atoms with van der Waals surface area (Å²) in [5.41, 5.74) is 0. The zero-order valence-electron chi connectivity index (χ0n) is 50.8. The van der Waals surface area contributed by atoms with Gasteiger partial charge in [-0.3, -0.25) is 9.59 Å². The molecule has 0 aromatic rings. The third-order valence-electron chi connectivity index (χ3n) is 16.0. The first-order chi connectivity index (χ1) is 37.0. The lowest BCUT2D eigenvalue weighted by Crippen LogP contribution is -2.45. The predicted molar refractivity (Wildman–Crippen MR) is 329 cm³/mol. The van der Waals surface area contributed by atoms with Crippen LogP contribution in [0.4, 0.5) is 0 Å². The first kappa shape index (κ1) is 73.3. The summed E-state index contributed by atoms with van der Waals surface area (Å²) in [6.45, 7) is 4.98. The topological polar surface area (TPSA) is 95.9 Å². The van der Waals surface area contributed by atoms with Crippen LogP contribution in [0.1, 0.15) is 380 Å². The molecule has 0 rings (SSSR count). The lowest BCUT2D eigenvalue weighted by atomic mass is 10.0. The molecule has 0 aromatic heterocycles. The summed E-state index contributed by atoms with van der Waals surface area (Å²) in [6, 6.07) is -0.547. The van der Waals surface area contributed by atoms with E-state index in [4.69, 9.17) is 4.74 Å². The standard InChI is InChI=1S/C69H133NO5/c1-3-5-7-9-11-13-15-17-19-21-26-31-35-39-43-47-51-55-59-63-69(74)75-64-60-56-52-48-44-40-36-32-28-25-23-22-24-27-30-34-38-42-46-50-54-58-62-68(73)70-66(65-71)67(72)61-57-53-49-45-41-37-33-29-20-18-16-14-12-10-8-6-4-2/h17,19,24,27,66-67,71-72H,3-16,18,20-23,25-26,28-65H2,1-2H3,(H,70,73)/b19-17-,27-24-. The number of hydrogen-bond donors (Lipinski definition) is 3. The van der Waals surface area contributed by atoms with Gasteiger partial charge in [-0.05, 0) is 77.0 Å². The molecule has 0 aliphatic carbocycles. The lowest BCUT2D eigenvalue weighted by Gasteiger charge is -2.22. The van der Waals surface area contributed by atoms with Gasteiger partial charge < -0.3 is 20.3 Å². The molecule has 0 fully saturated rings. The van der Waals surface area contributed by atoms with Crippen molar-refractivity contribution in [2.75, 3.05) is 13.2 Å². The first-order valence-corrected chi connectivity index (χ1v) is 34.1. The molecule has 0 heterocycles. The number of unbranched alkanes of at least 4 members (excludes halogenated alkanes) is 49. The second-order valence-corrected chi connectivity index (χ2v) is 23.5. The van der Waals surface area contributed by atoms with E-state index in [-0.39, 0.29) is 18.5 Å². The van der Waals surface area contributed by atoms with E-state index in [0.717, 1.165) is 44.9 Å². The van der Waals surface area contributed by atoms with E-state index in [2.05, 4.69) is 43.5 Å². The summed E-state index contributed by atoms with van der Waals surface area (Å²) in [4.78, 5) is 24.6. The van der Waals surface area contributed by atoms with Crippen LogP contribution in [0.5, 0.6) is 0 Å². The molecule has 75 heavy (non-hydrogen) atoms. The number of aliphatic hydroxyl groups excluding tert-OH is 2. The molecule has 0 aliphatic rings. The Morgan fingerprint density at radius 2 is 0.627 bits per heavy atom. The van der Waals surface area contributed by atoms with Crippen LogP contribution < -0.4 is 5.32 Å². The molecule has 0 spiro atoms. The normalized spacial score (nSPS) is 12.6. The summed E-state index contributed by atoms with van der Waals surface area (Å²) in [5, 5.41) is 23.3. The van der Waals surface area contributed by atoms with Gasteiger partial charge in [0, 0.05) is 12.8 Å². The maximum Gasteiger partial charge on any atom is 0.305 e. The number of allylic oxidation sites excluding steroid dienone is 4. The van der Waals surface area contributed by atoms with E-state index in [1.54, 1.807) is 0 Å². The Bertz CT molecular complexity index is 1170. The molecular weight excluding hydrogens is 923 g/mol. The van der Waals surface area contributed by atoms with Crippen molar-refractivity contribution in [3.8, 4) is 0 Å². The van der Waals surface area contributed by atoms with Crippen molar-refractivity contribution in [1.82, 2.24) is 5.32 Å². The monoisotopic (exact) mass is 1060 g/mol. The average Bonchev–Trinajstić information content (AvgIpc) is 3.41. The van der Waals surface area contributed by atoms with Gasteiger partial charge in [0.1, 0.15) is 0 Å². The van der Waals surface area contributed by atoms with Gasteiger partial charge in [-0.15, -0.1) is 0 Å². The number of ether oxygens (including phenoxy) is 1. The Morgan fingerprint density at radius 1 is 0.360 bits per heavy atom. The molecule has 1 amide bonds. The summed E-state index contributed by atoms with van der Waals surface area (Å²) in [7, 11) is 0. The van der Waals surface area contributed by atoms with Gasteiger partial charge in [0.15, 0.2) is 0 Å². The molecule has 0 radical (unpaired) electrons. The maximum absolute atomic E-state index is 12.5. The van der Waals surface area contributed by atoms with Gasteiger partial charge >= 0.3 is 5.97 Å². The van der Waals surface area contributed by atoms with Gasteiger partial charge in [0.2, 0.25) is 5.91 Å². The summed E-state index contributed by atoms with van der Waals surface area (Å²) in [5.74, 6) is -0.0286.